The van der Waals surface area contributed by atoms with Crippen molar-refractivity contribution >= 4 is 0 Å². The summed E-state index contributed by atoms with van der Waals surface area (Å²) in [4.78, 5) is 0. The van der Waals surface area contributed by atoms with Crippen LogP contribution in [-0.2, 0) is 15.9 Å². The summed E-state index contributed by atoms with van der Waals surface area (Å²) in [6.07, 6.45) is 7.41. The van der Waals surface area contributed by atoms with Crippen LogP contribution in [0.1, 0.15) is 49.9 Å². The van der Waals surface area contributed by atoms with Gasteiger partial charge in [-0.1, -0.05) is 6.92 Å². The predicted octanol–water partition coefficient (Wildman–Crippen LogP) is 2.61. The molecule has 4 nitrogen and oxygen atoms in total. The van der Waals surface area contributed by atoms with Gasteiger partial charge in [-0.05, 0) is 31.7 Å². The van der Waals surface area contributed by atoms with Crippen LogP contribution in [-0.4, -0.2) is 28.8 Å². The van der Waals surface area contributed by atoms with Crippen LogP contribution in [0.2, 0.25) is 0 Å². The molecule has 1 aliphatic carbocycles. The minimum Gasteiger partial charge on any atom is -0.348 e. The zero-order valence-electron chi connectivity index (χ0n) is 11.3. The lowest BCUT2D eigenvalue weighted by Gasteiger charge is -2.35. The summed E-state index contributed by atoms with van der Waals surface area (Å²) in [6.45, 7) is 5.82. The summed E-state index contributed by atoms with van der Waals surface area (Å²) < 4.78 is 13.7. The first-order valence-electron chi connectivity index (χ1n) is 7.05. The molecule has 0 N–H and O–H groups in total. The molecule has 0 atom stereocenters. The van der Waals surface area contributed by atoms with Gasteiger partial charge in [0.15, 0.2) is 5.79 Å². The molecule has 18 heavy (non-hydrogen) atoms. The number of ether oxygens (including phenoxy) is 2. The number of rotatable bonds is 2. The van der Waals surface area contributed by atoms with Gasteiger partial charge in [-0.25, -0.2) is 0 Å². The molecule has 1 saturated carbocycles. The lowest BCUT2D eigenvalue weighted by Crippen LogP contribution is -2.35. The summed E-state index contributed by atoms with van der Waals surface area (Å²) in [5.74, 6) is -0.258. The summed E-state index contributed by atoms with van der Waals surface area (Å²) >= 11 is 0. The first kappa shape index (κ1) is 12.2. The maximum atomic E-state index is 5.76. The summed E-state index contributed by atoms with van der Waals surface area (Å²) in [7, 11) is 0. The van der Waals surface area contributed by atoms with Crippen LogP contribution in [0.3, 0.4) is 0 Å². The minimum absolute atomic E-state index is 0.258. The van der Waals surface area contributed by atoms with Crippen molar-refractivity contribution in [3.05, 3.63) is 17.5 Å². The van der Waals surface area contributed by atoms with Crippen molar-refractivity contribution in [2.24, 2.45) is 0 Å². The summed E-state index contributed by atoms with van der Waals surface area (Å²) in [6, 6.07) is 0.516. The average molecular weight is 250 g/mol. The van der Waals surface area contributed by atoms with Crippen molar-refractivity contribution in [3.8, 4) is 0 Å². The van der Waals surface area contributed by atoms with E-state index in [9.17, 15) is 0 Å². The Labute approximate surface area is 108 Å². The average Bonchev–Trinajstić information content (AvgIpc) is 2.98. The van der Waals surface area contributed by atoms with Crippen molar-refractivity contribution < 1.29 is 9.47 Å². The molecule has 2 heterocycles. The lowest BCUT2D eigenvalue weighted by atomic mass is 9.90. The monoisotopic (exact) mass is 250 g/mol. The van der Waals surface area contributed by atoms with Crippen LogP contribution in [0, 0.1) is 6.92 Å². The highest BCUT2D eigenvalue weighted by atomic mass is 16.7. The molecule has 1 aromatic rings. The topological polar surface area (TPSA) is 36.3 Å². The third kappa shape index (κ3) is 2.08. The van der Waals surface area contributed by atoms with E-state index >= 15 is 0 Å². The number of aromatic nitrogens is 2. The third-order valence-electron chi connectivity index (χ3n) is 4.26. The van der Waals surface area contributed by atoms with Gasteiger partial charge in [-0.2, -0.15) is 5.10 Å². The maximum absolute atomic E-state index is 5.76. The van der Waals surface area contributed by atoms with Gasteiger partial charge in [-0.15, -0.1) is 0 Å². The Morgan fingerprint density at radius 2 is 2.00 bits per heavy atom. The van der Waals surface area contributed by atoms with Crippen LogP contribution >= 0.6 is 0 Å². The molecule has 0 unspecified atom stereocenters. The Morgan fingerprint density at radius 3 is 2.56 bits per heavy atom. The van der Waals surface area contributed by atoms with Crippen molar-refractivity contribution in [3.63, 3.8) is 0 Å². The molecule has 100 valence electrons. The molecule has 1 saturated heterocycles. The van der Waals surface area contributed by atoms with E-state index in [2.05, 4.69) is 24.7 Å². The smallest absolute Gasteiger partial charge is 0.168 e. The van der Waals surface area contributed by atoms with Crippen LogP contribution in [0.15, 0.2) is 6.20 Å². The molecule has 3 rings (SSSR count). The predicted molar refractivity (Wildman–Crippen MR) is 68.5 cm³/mol. The fourth-order valence-electron chi connectivity index (χ4n) is 3.15. The first-order valence-corrected chi connectivity index (χ1v) is 7.05. The molecular formula is C14H22N2O2. The second-order valence-electron chi connectivity index (χ2n) is 5.43. The van der Waals surface area contributed by atoms with E-state index in [1.807, 2.05) is 0 Å². The van der Waals surface area contributed by atoms with E-state index in [0.29, 0.717) is 6.04 Å². The highest BCUT2D eigenvalue weighted by molar-refractivity contribution is 5.15. The Balaban J connectivity index is 1.68. The van der Waals surface area contributed by atoms with Crippen LogP contribution < -0.4 is 0 Å². The largest absolute Gasteiger partial charge is 0.348 e. The number of hydrogen-bond donors (Lipinski definition) is 0. The molecular weight excluding hydrogens is 228 g/mol. The highest BCUT2D eigenvalue weighted by Crippen LogP contribution is 2.40. The van der Waals surface area contributed by atoms with Gasteiger partial charge in [0.2, 0.25) is 0 Å². The van der Waals surface area contributed by atoms with Gasteiger partial charge in [0.1, 0.15) is 0 Å². The Morgan fingerprint density at radius 1 is 1.33 bits per heavy atom. The molecule has 0 amide bonds. The van der Waals surface area contributed by atoms with Gasteiger partial charge in [0.05, 0.1) is 24.9 Å². The first-order chi connectivity index (χ1) is 8.72. The van der Waals surface area contributed by atoms with E-state index in [0.717, 1.165) is 45.3 Å². The van der Waals surface area contributed by atoms with Crippen molar-refractivity contribution in [1.82, 2.24) is 9.78 Å². The summed E-state index contributed by atoms with van der Waals surface area (Å²) in [5.41, 5.74) is 2.54. The quantitative estimate of drug-likeness (QED) is 0.809. The second kappa shape index (κ2) is 4.67. The molecule has 1 spiro atoms. The standard InChI is InChI=1S/C14H22N2O2/c1-3-13-11(2)10-16(15-13)12-4-6-14(7-5-12)17-8-9-18-14/h10,12H,3-9H2,1-2H3. The molecule has 1 aromatic heterocycles. The maximum Gasteiger partial charge on any atom is 0.168 e. The fraction of sp³-hybridized carbons (Fsp3) is 0.786. The van der Waals surface area contributed by atoms with Crippen LogP contribution in [0.5, 0.6) is 0 Å². The number of aryl methyl sites for hydroxylation is 2. The van der Waals surface area contributed by atoms with E-state index in [4.69, 9.17) is 14.6 Å². The van der Waals surface area contributed by atoms with Crippen molar-refractivity contribution in [2.45, 2.75) is 57.8 Å². The van der Waals surface area contributed by atoms with E-state index in [1.165, 1.54) is 11.3 Å². The molecule has 2 fully saturated rings. The van der Waals surface area contributed by atoms with E-state index in [1.54, 1.807) is 0 Å². The highest BCUT2D eigenvalue weighted by Gasteiger charge is 2.40. The van der Waals surface area contributed by atoms with Crippen LogP contribution in [0.4, 0.5) is 0 Å². The second-order valence-corrected chi connectivity index (χ2v) is 5.43. The van der Waals surface area contributed by atoms with Gasteiger partial charge in [-0.3, -0.25) is 4.68 Å². The normalized spacial score (nSPS) is 23.9. The SMILES string of the molecule is CCc1nn(C2CCC3(CC2)OCCO3)cc1C. The van der Waals surface area contributed by atoms with Gasteiger partial charge >= 0.3 is 0 Å². The molecule has 2 aliphatic rings. The third-order valence-corrected chi connectivity index (χ3v) is 4.26. The fourth-order valence-corrected chi connectivity index (χ4v) is 3.15. The molecule has 0 bridgehead atoms. The zero-order valence-corrected chi connectivity index (χ0v) is 11.3. The summed E-state index contributed by atoms with van der Waals surface area (Å²) in [5, 5.41) is 4.70. The molecule has 1 aliphatic heterocycles. The Kier molecular flexibility index (Phi) is 3.16. The minimum atomic E-state index is -0.258. The number of nitrogens with zero attached hydrogens (tertiary/aromatic N) is 2. The van der Waals surface area contributed by atoms with Gasteiger partial charge in [0.25, 0.3) is 0 Å². The zero-order chi connectivity index (χ0) is 12.6. The van der Waals surface area contributed by atoms with Gasteiger partial charge in [0, 0.05) is 19.0 Å². The molecule has 4 heteroatoms. The van der Waals surface area contributed by atoms with Crippen molar-refractivity contribution in [1.29, 1.82) is 0 Å². The van der Waals surface area contributed by atoms with E-state index in [-0.39, 0.29) is 5.79 Å². The Bertz CT molecular complexity index is 411. The Hall–Kier alpha value is -0.870. The number of hydrogen-bond acceptors (Lipinski definition) is 3. The van der Waals surface area contributed by atoms with Crippen LogP contribution in [0.25, 0.3) is 0 Å². The molecule has 0 radical (unpaired) electrons. The van der Waals surface area contributed by atoms with E-state index < -0.39 is 0 Å². The van der Waals surface area contributed by atoms with Gasteiger partial charge < -0.3 is 9.47 Å². The van der Waals surface area contributed by atoms with Crippen molar-refractivity contribution in [2.75, 3.05) is 13.2 Å². The molecule has 0 aromatic carbocycles. The lowest BCUT2D eigenvalue weighted by molar-refractivity contribution is -0.181.